The lowest BCUT2D eigenvalue weighted by atomic mass is 9.97. The van der Waals surface area contributed by atoms with Crippen molar-refractivity contribution in [3.8, 4) is 0 Å². The van der Waals surface area contributed by atoms with Crippen molar-refractivity contribution in [3.63, 3.8) is 0 Å². The van der Waals surface area contributed by atoms with Gasteiger partial charge in [0.25, 0.3) is 11.6 Å². The van der Waals surface area contributed by atoms with Crippen molar-refractivity contribution in [3.05, 3.63) is 56.4 Å². The Kier molecular flexibility index (Phi) is 6.18. The van der Waals surface area contributed by atoms with Gasteiger partial charge in [-0.2, -0.15) is 0 Å². The Hall–Kier alpha value is -4.36. The molecule has 0 saturated carbocycles. The third kappa shape index (κ3) is 4.80. The van der Waals surface area contributed by atoms with Crippen LogP contribution in [0.5, 0.6) is 0 Å². The average Bonchev–Trinajstić information content (AvgIpc) is 2.77. The van der Waals surface area contributed by atoms with E-state index < -0.39 is 33.3 Å². The number of hydrogen-bond donors (Lipinski definition) is 3. The van der Waals surface area contributed by atoms with Crippen LogP contribution < -0.4 is 15.8 Å². The molecule has 2 heterocycles. The average molecular weight is 431 g/mol. The number of piperidine rings is 1. The Morgan fingerprint density at radius 3 is 2.26 bits per heavy atom. The summed E-state index contributed by atoms with van der Waals surface area (Å²) in [4.78, 5) is 53.8. The van der Waals surface area contributed by atoms with Gasteiger partial charge >= 0.3 is 11.7 Å². The fraction of sp³-hybridized carbons (Fsp3) is 0.294. The molecule has 2 aromatic rings. The molecule has 1 aromatic heterocycles. The maximum absolute atomic E-state index is 12.2. The maximum Gasteiger partial charge on any atom is 0.355 e. The molecule has 1 aliphatic heterocycles. The van der Waals surface area contributed by atoms with E-state index in [0.717, 1.165) is 18.5 Å². The maximum atomic E-state index is 12.2. The molecule has 0 spiro atoms. The van der Waals surface area contributed by atoms with Crippen LogP contribution in [0.15, 0.2) is 30.6 Å². The Bertz CT molecular complexity index is 1020. The van der Waals surface area contributed by atoms with Gasteiger partial charge in [-0.05, 0) is 25.0 Å². The van der Waals surface area contributed by atoms with Gasteiger partial charge in [0.15, 0.2) is 0 Å². The largest absolute Gasteiger partial charge is 0.481 e. The van der Waals surface area contributed by atoms with Crippen molar-refractivity contribution < 1.29 is 24.5 Å². The van der Waals surface area contributed by atoms with Crippen molar-refractivity contribution in [2.24, 2.45) is 5.92 Å². The number of anilines is 2. The molecule has 0 unspecified atom stereocenters. The van der Waals surface area contributed by atoms with Crippen LogP contribution in [-0.2, 0) is 4.79 Å². The van der Waals surface area contributed by atoms with Crippen molar-refractivity contribution in [2.75, 3.05) is 23.4 Å². The smallest absolute Gasteiger partial charge is 0.355 e. The van der Waals surface area contributed by atoms with Gasteiger partial charge in [0.05, 0.1) is 15.8 Å². The predicted octanol–water partition coefficient (Wildman–Crippen LogP) is 1.35. The molecule has 0 radical (unpaired) electrons. The van der Waals surface area contributed by atoms with E-state index in [1.165, 1.54) is 12.1 Å². The number of aliphatic carboxylic acids is 1. The minimum Gasteiger partial charge on any atom is -0.481 e. The van der Waals surface area contributed by atoms with Gasteiger partial charge in [0, 0.05) is 30.8 Å². The number of nitrogens with zero attached hydrogens (tertiary/aromatic N) is 5. The number of carboxylic acids is 1. The number of amides is 1. The van der Waals surface area contributed by atoms with Gasteiger partial charge in [0.2, 0.25) is 11.6 Å². The first-order valence-corrected chi connectivity index (χ1v) is 9.06. The van der Waals surface area contributed by atoms with E-state index in [9.17, 15) is 29.8 Å². The number of carbonyl (C=O) groups is 2. The number of nitro benzene ring substituents is 1. The van der Waals surface area contributed by atoms with Crippen molar-refractivity contribution in [1.29, 1.82) is 0 Å². The lowest BCUT2D eigenvalue weighted by Crippen LogP contribution is -2.37. The minimum absolute atomic E-state index is 0.0101. The second kappa shape index (κ2) is 8.98. The van der Waals surface area contributed by atoms with Crippen LogP contribution in [-0.4, -0.2) is 49.9 Å². The zero-order valence-electron chi connectivity index (χ0n) is 15.9. The number of rotatable bonds is 7. The summed E-state index contributed by atoms with van der Waals surface area (Å²) in [6.45, 7) is 0.535. The SMILES string of the molecule is O=C(NNc1ncnc(N2CCC(C(=O)O)CC2)c1[N+](=O)[O-])c1ccc([N+](=O)[O-])cc1. The standard InChI is InChI=1S/C17H17N7O7/c25-16(10-1-3-12(4-2-10)23(28)29)21-20-14-13(24(30)31)15(19-9-18-14)22-7-5-11(6-8-22)17(26)27/h1-4,9,11H,5-8H2,(H,21,25)(H,26,27)(H,18,19,20). The summed E-state index contributed by atoms with van der Waals surface area (Å²) in [7, 11) is 0. The number of hydrogen-bond acceptors (Lipinski definition) is 10. The molecular formula is C17H17N7O7. The highest BCUT2D eigenvalue weighted by atomic mass is 16.6. The number of hydrazine groups is 1. The highest BCUT2D eigenvalue weighted by Gasteiger charge is 2.31. The second-order valence-corrected chi connectivity index (χ2v) is 6.63. The number of nitrogens with one attached hydrogen (secondary N) is 2. The van der Waals surface area contributed by atoms with Crippen LogP contribution >= 0.6 is 0 Å². The summed E-state index contributed by atoms with van der Waals surface area (Å²) in [5, 5.41) is 31.5. The summed E-state index contributed by atoms with van der Waals surface area (Å²) in [6.07, 6.45) is 1.72. The highest BCUT2D eigenvalue weighted by Crippen LogP contribution is 2.33. The lowest BCUT2D eigenvalue weighted by molar-refractivity contribution is -0.384. The van der Waals surface area contributed by atoms with Crippen LogP contribution in [0.1, 0.15) is 23.2 Å². The predicted molar refractivity (Wildman–Crippen MR) is 105 cm³/mol. The number of non-ortho nitro benzene ring substituents is 1. The van der Waals surface area contributed by atoms with Gasteiger partial charge in [-0.15, -0.1) is 0 Å². The summed E-state index contributed by atoms with van der Waals surface area (Å²) in [6, 6.07) is 4.78. The molecular weight excluding hydrogens is 414 g/mol. The number of aromatic nitrogens is 2. The molecule has 0 aliphatic carbocycles. The Balaban J connectivity index is 1.75. The third-order valence-corrected chi connectivity index (χ3v) is 4.76. The summed E-state index contributed by atoms with van der Waals surface area (Å²) in [5.74, 6) is -2.36. The van der Waals surface area contributed by atoms with Crippen molar-refractivity contribution >= 4 is 34.9 Å². The second-order valence-electron chi connectivity index (χ2n) is 6.63. The summed E-state index contributed by atoms with van der Waals surface area (Å²) < 4.78 is 0. The molecule has 31 heavy (non-hydrogen) atoms. The first kappa shape index (κ1) is 21.4. The molecule has 0 atom stereocenters. The van der Waals surface area contributed by atoms with Crippen LogP contribution in [0.4, 0.5) is 23.0 Å². The highest BCUT2D eigenvalue weighted by molar-refractivity contribution is 5.95. The zero-order chi connectivity index (χ0) is 22.5. The molecule has 14 heteroatoms. The Morgan fingerprint density at radius 2 is 1.71 bits per heavy atom. The van der Waals surface area contributed by atoms with Crippen LogP contribution in [0, 0.1) is 26.1 Å². The van der Waals surface area contributed by atoms with Gasteiger partial charge in [-0.1, -0.05) is 0 Å². The van der Waals surface area contributed by atoms with Gasteiger partial charge in [0.1, 0.15) is 6.33 Å². The quantitative estimate of drug-likeness (QED) is 0.423. The van der Waals surface area contributed by atoms with Crippen LogP contribution in [0.25, 0.3) is 0 Å². The molecule has 1 aliphatic rings. The molecule has 1 aromatic carbocycles. The van der Waals surface area contributed by atoms with Gasteiger partial charge in [-0.25, -0.2) is 9.97 Å². The molecule has 0 bridgehead atoms. The van der Waals surface area contributed by atoms with E-state index >= 15 is 0 Å². The molecule has 1 amide bonds. The van der Waals surface area contributed by atoms with Crippen molar-refractivity contribution in [1.82, 2.24) is 15.4 Å². The topological polar surface area (TPSA) is 194 Å². The molecule has 162 valence electrons. The van der Waals surface area contributed by atoms with Crippen LogP contribution in [0.3, 0.4) is 0 Å². The van der Waals surface area contributed by atoms with Gasteiger partial charge < -0.3 is 10.0 Å². The number of carbonyl (C=O) groups excluding carboxylic acids is 1. The van der Waals surface area contributed by atoms with E-state index in [0.29, 0.717) is 12.8 Å². The minimum atomic E-state index is -0.909. The molecule has 1 saturated heterocycles. The van der Waals surface area contributed by atoms with E-state index in [2.05, 4.69) is 20.8 Å². The first-order valence-electron chi connectivity index (χ1n) is 9.06. The number of nitro groups is 2. The fourth-order valence-electron chi connectivity index (χ4n) is 3.12. The van der Waals surface area contributed by atoms with E-state index in [1.54, 1.807) is 4.90 Å². The van der Waals surface area contributed by atoms with Crippen LogP contribution in [0.2, 0.25) is 0 Å². The molecule has 14 nitrogen and oxygen atoms in total. The van der Waals surface area contributed by atoms with Gasteiger partial charge in [-0.3, -0.25) is 40.7 Å². The molecule has 3 rings (SSSR count). The van der Waals surface area contributed by atoms with E-state index in [4.69, 9.17) is 5.11 Å². The zero-order valence-corrected chi connectivity index (χ0v) is 15.9. The Labute approximate surface area is 174 Å². The Morgan fingerprint density at radius 1 is 1.06 bits per heavy atom. The van der Waals surface area contributed by atoms with E-state index in [-0.39, 0.29) is 36.0 Å². The number of carboxylic acid groups (broad SMARTS) is 1. The number of benzene rings is 1. The summed E-state index contributed by atoms with van der Waals surface area (Å²) >= 11 is 0. The fourth-order valence-corrected chi connectivity index (χ4v) is 3.12. The van der Waals surface area contributed by atoms with Crippen molar-refractivity contribution in [2.45, 2.75) is 12.8 Å². The van der Waals surface area contributed by atoms with E-state index in [1.807, 2.05) is 0 Å². The molecule has 1 fully saturated rings. The third-order valence-electron chi connectivity index (χ3n) is 4.76. The monoisotopic (exact) mass is 431 g/mol. The normalized spacial score (nSPS) is 14.0. The first-order chi connectivity index (χ1) is 14.8. The lowest BCUT2D eigenvalue weighted by Gasteiger charge is -2.30. The summed E-state index contributed by atoms with van der Waals surface area (Å²) in [5.41, 5.74) is 4.08. The molecule has 3 N–H and O–H groups in total.